The molecule has 1 fully saturated rings. The van der Waals surface area contributed by atoms with Crippen molar-refractivity contribution in [1.29, 1.82) is 0 Å². The Hall–Kier alpha value is -1.65. The van der Waals surface area contributed by atoms with Gasteiger partial charge in [0.15, 0.2) is 0 Å². The predicted octanol–water partition coefficient (Wildman–Crippen LogP) is 1.76. The summed E-state index contributed by atoms with van der Waals surface area (Å²) in [6.45, 7) is 4.16. The van der Waals surface area contributed by atoms with Gasteiger partial charge in [-0.3, -0.25) is 9.78 Å². The van der Waals surface area contributed by atoms with Gasteiger partial charge in [-0.15, -0.1) is 0 Å². The molecule has 0 radical (unpaired) electrons. The van der Waals surface area contributed by atoms with Crippen molar-refractivity contribution >= 4 is 11.8 Å². The van der Waals surface area contributed by atoms with Gasteiger partial charge in [0, 0.05) is 12.7 Å². The number of hydrogen-bond acceptors (Lipinski definition) is 4. The summed E-state index contributed by atoms with van der Waals surface area (Å²) in [6, 6.07) is 0. The quantitative estimate of drug-likeness (QED) is 0.831. The second-order valence-electron chi connectivity index (χ2n) is 4.74. The first kappa shape index (κ1) is 11.8. The maximum atomic E-state index is 11.2. The lowest BCUT2D eigenvalue weighted by Crippen LogP contribution is -2.43. The molecule has 1 aromatic heterocycles. The number of nitrogens with zero attached hydrogens (tertiary/aromatic N) is 2. The zero-order valence-corrected chi connectivity index (χ0v) is 10.2. The Balaban J connectivity index is 2.07. The molecule has 2 N–H and O–H groups in total. The maximum absolute atomic E-state index is 11.2. The number of carboxylic acids is 1. The van der Waals surface area contributed by atoms with E-state index in [-0.39, 0.29) is 0 Å². The Morgan fingerprint density at radius 3 is 2.76 bits per heavy atom. The lowest BCUT2D eigenvalue weighted by atomic mass is 9.69. The average Bonchev–Trinajstić information content (AvgIpc) is 2.21. The number of rotatable bonds is 4. The molecule has 1 aliphatic carbocycles. The summed E-state index contributed by atoms with van der Waals surface area (Å²) in [5.74, 6) is -0.0213. The van der Waals surface area contributed by atoms with Crippen LogP contribution in [-0.2, 0) is 4.79 Å². The number of nitrogens with one attached hydrogen (secondary N) is 1. The molecule has 17 heavy (non-hydrogen) atoms. The topological polar surface area (TPSA) is 75.1 Å². The van der Waals surface area contributed by atoms with Crippen LogP contribution in [0.15, 0.2) is 6.20 Å². The normalized spacial score (nSPS) is 17.3. The summed E-state index contributed by atoms with van der Waals surface area (Å²) >= 11 is 0. The summed E-state index contributed by atoms with van der Waals surface area (Å²) in [5, 5.41) is 12.3. The van der Waals surface area contributed by atoms with E-state index < -0.39 is 11.4 Å². The van der Waals surface area contributed by atoms with Gasteiger partial charge in [-0.2, -0.15) is 0 Å². The third-order valence-corrected chi connectivity index (χ3v) is 3.43. The van der Waals surface area contributed by atoms with Crippen LogP contribution in [0.3, 0.4) is 0 Å². The Morgan fingerprint density at radius 1 is 1.53 bits per heavy atom. The molecule has 92 valence electrons. The molecule has 0 unspecified atom stereocenters. The van der Waals surface area contributed by atoms with E-state index >= 15 is 0 Å². The fourth-order valence-corrected chi connectivity index (χ4v) is 2.03. The van der Waals surface area contributed by atoms with Crippen molar-refractivity contribution < 1.29 is 9.90 Å². The molecule has 1 aromatic rings. The van der Waals surface area contributed by atoms with E-state index in [9.17, 15) is 9.90 Å². The van der Waals surface area contributed by atoms with Gasteiger partial charge in [-0.25, -0.2) is 4.98 Å². The van der Waals surface area contributed by atoms with E-state index in [4.69, 9.17) is 0 Å². The van der Waals surface area contributed by atoms with E-state index in [2.05, 4.69) is 15.3 Å². The monoisotopic (exact) mass is 235 g/mol. The minimum atomic E-state index is -0.713. The molecule has 0 aromatic carbocycles. The lowest BCUT2D eigenvalue weighted by Gasteiger charge is -2.37. The molecular formula is C12H17N3O2. The van der Waals surface area contributed by atoms with Crippen molar-refractivity contribution in [1.82, 2.24) is 9.97 Å². The molecule has 0 bridgehead atoms. The SMILES string of the molecule is Cc1cnc(C)c(NCC2(C(=O)O)CCC2)n1. The molecule has 0 atom stereocenters. The third kappa shape index (κ3) is 2.23. The van der Waals surface area contributed by atoms with Crippen molar-refractivity contribution in [2.24, 2.45) is 5.41 Å². The Morgan fingerprint density at radius 2 is 2.24 bits per heavy atom. The predicted molar refractivity (Wildman–Crippen MR) is 63.9 cm³/mol. The number of hydrogen-bond donors (Lipinski definition) is 2. The Labute approximate surface area is 100 Å². The number of aliphatic carboxylic acids is 1. The van der Waals surface area contributed by atoms with Gasteiger partial charge < -0.3 is 10.4 Å². The largest absolute Gasteiger partial charge is 0.481 e. The first-order valence-electron chi connectivity index (χ1n) is 5.81. The molecule has 1 aliphatic rings. The molecule has 1 heterocycles. The minimum absolute atomic E-state index is 0.432. The third-order valence-electron chi connectivity index (χ3n) is 3.43. The van der Waals surface area contributed by atoms with Crippen LogP contribution in [0, 0.1) is 19.3 Å². The number of carbonyl (C=O) groups is 1. The summed E-state index contributed by atoms with van der Waals surface area (Å²) in [5.41, 5.74) is 1.03. The van der Waals surface area contributed by atoms with Crippen LogP contribution in [0.5, 0.6) is 0 Å². The maximum Gasteiger partial charge on any atom is 0.311 e. The highest BCUT2D eigenvalue weighted by Gasteiger charge is 2.44. The highest BCUT2D eigenvalue weighted by atomic mass is 16.4. The molecule has 0 spiro atoms. The zero-order valence-electron chi connectivity index (χ0n) is 10.2. The van der Waals surface area contributed by atoms with Crippen LogP contribution in [0.1, 0.15) is 30.7 Å². The lowest BCUT2D eigenvalue weighted by molar-refractivity contribution is -0.153. The highest BCUT2D eigenvalue weighted by molar-refractivity contribution is 5.76. The second-order valence-corrected chi connectivity index (χ2v) is 4.74. The standard InChI is InChI=1S/C12H17N3O2/c1-8-6-13-9(2)10(15-8)14-7-12(11(16)17)4-3-5-12/h6H,3-5,7H2,1-2H3,(H,14,15)(H,16,17). The van der Waals surface area contributed by atoms with E-state index in [0.29, 0.717) is 12.4 Å². The van der Waals surface area contributed by atoms with Gasteiger partial charge in [0.25, 0.3) is 0 Å². The molecule has 5 nitrogen and oxygen atoms in total. The first-order valence-corrected chi connectivity index (χ1v) is 5.81. The molecule has 5 heteroatoms. The van der Waals surface area contributed by atoms with Crippen LogP contribution < -0.4 is 5.32 Å². The summed E-state index contributed by atoms with van der Waals surface area (Å²) < 4.78 is 0. The summed E-state index contributed by atoms with van der Waals surface area (Å²) in [7, 11) is 0. The molecule has 0 saturated heterocycles. The van der Waals surface area contributed by atoms with E-state index in [1.807, 2.05) is 13.8 Å². The van der Waals surface area contributed by atoms with Crippen molar-refractivity contribution in [3.63, 3.8) is 0 Å². The minimum Gasteiger partial charge on any atom is -0.481 e. The Bertz CT molecular complexity index is 441. The number of carboxylic acid groups (broad SMARTS) is 1. The van der Waals surface area contributed by atoms with Crippen molar-refractivity contribution in [2.75, 3.05) is 11.9 Å². The number of aromatic nitrogens is 2. The molecule has 1 saturated carbocycles. The van der Waals surface area contributed by atoms with Crippen LogP contribution in [-0.4, -0.2) is 27.6 Å². The van der Waals surface area contributed by atoms with Crippen LogP contribution in [0.4, 0.5) is 5.82 Å². The summed E-state index contributed by atoms with van der Waals surface area (Å²) in [6.07, 6.45) is 4.19. The molecule has 0 aliphatic heterocycles. The molecule has 2 rings (SSSR count). The fourth-order valence-electron chi connectivity index (χ4n) is 2.03. The van der Waals surface area contributed by atoms with Gasteiger partial charge in [-0.1, -0.05) is 6.42 Å². The second kappa shape index (κ2) is 4.31. The number of aryl methyl sites for hydroxylation is 2. The summed E-state index contributed by atoms with van der Waals surface area (Å²) in [4.78, 5) is 19.7. The van der Waals surface area contributed by atoms with Gasteiger partial charge in [-0.05, 0) is 26.7 Å². The van der Waals surface area contributed by atoms with Gasteiger partial charge in [0.2, 0.25) is 0 Å². The fraction of sp³-hybridized carbons (Fsp3) is 0.583. The van der Waals surface area contributed by atoms with Gasteiger partial charge >= 0.3 is 5.97 Å². The van der Waals surface area contributed by atoms with Crippen LogP contribution >= 0.6 is 0 Å². The van der Waals surface area contributed by atoms with Gasteiger partial charge in [0.1, 0.15) is 5.82 Å². The van der Waals surface area contributed by atoms with E-state index in [0.717, 1.165) is 30.7 Å². The van der Waals surface area contributed by atoms with Crippen molar-refractivity contribution in [3.8, 4) is 0 Å². The highest BCUT2D eigenvalue weighted by Crippen LogP contribution is 2.41. The van der Waals surface area contributed by atoms with Gasteiger partial charge in [0.05, 0.1) is 16.8 Å². The average molecular weight is 235 g/mol. The first-order chi connectivity index (χ1) is 8.03. The van der Waals surface area contributed by atoms with Crippen molar-refractivity contribution in [2.45, 2.75) is 33.1 Å². The Kier molecular flexibility index (Phi) is 3.00. The van der Waals surface area contributed by atoms with E-state index in [1.54, 1.807) is 6.20 Å². The molecular weight excluding hydrogens is 218 g/mol. The van der Waals surface area contributed by atoms with E-state index in [1.165, 1.54) is 0 Å². The molecule has 0 amide bonds. The zero-order chi connectivity index (χ0) is 12.5. The van der Waals surface area contributed by atoms with Crippen LogP contribution in [0.2, 0.25) is 0 Å². The van der Waals surface area contributed by atoms with Crippen LogP contribution in [0.25, 0.3) is 0 Å². The smallest absolute Gasteiger partial charge is 0.311 e. The number of anilines is 1. The van der Waals surface area contributed by atoms with Crippen molar-refractivity contribution in [3.05, 3.63) is 17.6 Å².